The lowest BCUT2D eigenvalue weighted by atomic mass is 9.83. The summed E-state index contributed by atoms with van der Waals surface area (Å²) >= 11 is 2.32. The molecule has 8 nitrogen and oxygen atoms in total. The van der Waals surface area contributed by atoms with E-state index in [0.717, 1.165) is 21.8 Å². The van der Waals surface area contributed by atoms with E-state index >= 15 is 0 Å². The number of imide groups is 1. The highest BCUT2D eigenvalue weighted by Gasteiger charge is 2.56. The maximum absolute atomic E-state index is 13.8. The average molecular weight is 499 g/mol. The van der Waals surface area contributed by atoms with Gasteiger partial charge in [0, 0.05) is 10.8 Å². The van der Waals surface area contributed by atoms with E-state index in [4.69, 9.17) is 14.2 Å². The number of thiazole rings is 1. The van der Waals surface area contributed by atoms with Gasteiger partial charge in [-0.2, -0.15) is 0 Å². The van der Waals surface area contributed by atoms with Crippen molar-refractivity contribution in [2.45, 2.75) is 23.1 Å². The first kappa shape index (κ1) is 22.5. The first-order chi connectivity index (χ1) is 16.5. The van der Waals surface area contributed by atoms with Crippen molar-refractivity contribution in [2.24, 2.45) is 5.92 Å². The second-order valence-electron chi connectivity index (χ2n) is 7.80. The topological polar surface area (TPSA) is 97.9 Å². The molecule has 5 rings (SSSR count). The normalized spacial score (nSPS) is 21.3. The molecule has 1 fully saturated rings. The standard InChI is InChI=1S/C24H22N2O6S2/c1-4-32-14-8-6-13(7-9-14)26-22(27)18-17(12-5-10-15(30-2)16(11-12)31-3)19-21(25-24(29)34-19)33-20(18)23(26)28/h5-11,17-18,20H,4H2,1-3H3,(H,25,29)/t17-,18+,20+/m0/s1. The Morgan fingerprint density at radius 3 is 2.38 bits per heavy atom. The highest BCUT2D eigenvalue weighted by atomic mass is 32.2. The number of carbonyl (C=O) groups is 2. The Labute approximate surface area is 203 Å². The van der Waals surface area contributed by atoms with E-state index in [2.05, 4.69) is 4.98 Å². The van der Waals surface area contributed by atoms with Crippen molar-refractivity contribution >= 4 is 40.6 Å². The van der Waals surface area contributed by atoms with Crippen LogP contribution in [-0.4, -0.2) is 42.9 Å². The molecule has 0 spiro atoms. The number of nitrogens with zero attached hydrogens (tertiary/aromatic N) is 1. The minimum atomic E-state index is -0.666. The predicted octanol–water partition coefficient (Wildman–Crippen LogP) is 3.65. The smallest absolute Gasteiger partial charge is 0.305 e. The number of anilines is 1. The number of benzene rings is 2. The van der Waals surface area contributed by atoms with Crippen molar-refractivity contribution in [1.29, 1.82) is 0 Å². The largest absolute Gasteiger partial charge is 0.494 e. The summed E-state index contributed by atoms with van der Waals surface area (Å²) in [6.45, 7) is 2.41. The monoisotopic (exact) mass is 498 g/mol. The lowest BCUT2D eigenvalue weighted by Crippen LogP contribution is -2.32. The summed E-state index contributed by atoms with van der Waals surface area (Å²) in [5, 5.41) is -0.0272. The third-order valence-corrected chi connectivity index (χ3v) is 8.40. The minimum absolute atomic E-state index is 0.216. The van der Waals surface area contributed by atoms with Crippen LogP contribution < -0.4 is 24.0 Å². The number of thioether (sulfide) groups is 1. The fourth-order valence-electron chi connectivity index (χ4n) is 4.53. The summed E-state index contributed by atoms with van der Waals surface area (Å²) in [5.74, 6) is 0.000280. The van der Waals surface area contributed by atoms with Gasteiger partial charge in [-0.05, 0) is 48.9 Å². The molecule has 2 aromatic carbocycles. The molecule has 2 aliphatic heterocycles. The third-order valence-electron chi connectivity index (χ3n) is 6.00. The molecule has 2 amide bonds. The Hall–Kier alpha value is -3.24. The highest BCUT2D eigenvalue weighted by Crippen LogP contribution is 2.53. The molecule has 0 saturated carbocycles. The molecule has 1 N–H and O–H groups in total. The molecular formula is C24H22N2O6S2. The minimum Gasteiger partial charge on any atom is -0.494 e. The fraction of sp³-hybridized carbons (Fsp3) is 0.292. The van der Waals surface area contributed by atoms with Crippen LogP contribution in [0.5, 0.6) is 17.2 Å². The van der Waals surface area contributed by atoms with Gasteiger partial charge in [0.25, 0.3) is 0 Å². The molecule has 0 radical (unpaired) electrons. The molecular weight excluding hydrogens is 476 g/mol. The van der Waals surface area contributed by atoms with Crippen LogP contribution in [0.2, 0.25) is 0 Å². The van der Waals surface area contributed by atoms with Crippen molar-refractivity contribution in [3.8, 4) is 17.2 Å². The van der Waals surface area contributed by atoms with Gasteiger partial charge in [0.05, 0.1) is 37.5 Å². The zero-order valence-electron chi connectivity index (χ0n) is 18.7. The molecule has 3 atom stereocenters. The molecule has 3 heterocycles. The fourth-order valence-corrected chi connectivity index (χ4v) is 7.05. The van der Waals surface area contributed by atoms with E-state index in [-0.39, 0.29) is 16.7 Å². The first-order valence-corrected chi connectivity index (χ1v) is 12.4. The van der Waals surface area contributed by atoms with Crippen LogP contribution in [0.3, 0.4) is 0 Å². The summed E-state index contributed by atoms with van der Waals surface area (Å²) in [7, 11) is 3.09. The van der Waals surface area contributed by atoms with Gasteiger partial charge in [0.1, 0.15) is 11.0 Å². The Balaban J connectivity index is 1.60. The second kappa shape index (κ2) is 8.84. The summed E-state index contributed by atoms with van der Waals surface area (Å²) in [6.07, 6.45) is 0. The van der Waals surface area contributed by atoms with Crippen molar-refractivity contribution in [1.82, 2.24) is 4.98 Å². The molecule has 10 heteroatoms. The van der Waals surface area contributed by atoms with E-state index in [1.54, 1.807) is 44.6 Å². The number of nitrogens with one attached hydrogen (secondary N) is 1. The number of H-pyrrole nitrogens is 1. The number of rotatable bonds is 6. The quantitative estimate of drug-likeness (QED) is 0.518. The Kier molecular flexibility index (Phi) is 5.86. The lowest BCUT2D eigenvalue weighted by molar-refractivity contribution is -0.122. The van der Waals surface area contributed by atoms with Crippen molar-refractivity contribution in [2.75, 3.05) is 25.7 Å². The van der Waals surface area contributed by atoms with E-state index in [1.165, 1.54) is 16.7 Å². The van der Waals surface area contributed by atoms with Crippen molar-refractivity contribution < 1.29 is 23.8 Å². The predicted molar refractivity (Wildman–Crippen MR) is 130 cm³/mol. The molecule has 176 valence electrons. The van der Waals surface area contributed by atoms with Crippen LogP contribution in [-0.2, 0) is 9.59 Å². The maximum Gasteiger partial charge on any atom is 0.305 e. The zero-order chi connectivity index (χ0) is 24.0. The third kappa shape index (κ3) is 3.57. The first-order valence-electron chi connectivity index (χ1n) is 10.7. The van der Waals surface area contributed by atoms with Crippen LogP contribution in [0.15, 0.2) is 52.3 Å². The molecule has 2 aliphatic rings. The Bertz CT molecular complexity index is 1320. The summed E-state index contributed by atoms with van der Waals surface area (Å²) in [5.41, 5.74) is 1.27. The Morgan fingerprint density at radius 1 is 0.971 bits per heavy atom. The SMILES string of the molecule is CCOc1ccc(N2C(=O)[C@@H]3[C@H](c4ccc(OC)c(OC)c4)c4sc(=O)[nH]c4S[C@H]3C2=O)cc1. The van der Waals surface area contributed by atoms with E-state index in [9.17, 15) is 14.4 Å². The lowest BCUT2D eigenvalue weighted by Gasteiger charge is -2.30. The van der Waals surface area contributed by atoms with Gasteiger partial charge in [-0.1, -0.05) is 29.2 Å². The number of ether oxygens (including phenoxy) is 3. The van der Waals surface area contributed by atoms with E-state index in [1.807, 2.05) is 19.1 Å². The number of aromatic nitrogens is 1. The number of amides is 2. The molecule has 1 aromatic heterocycles. The van der Waals surface area contributed by atoms with Crippen LogP contribution in [0.25, 0.3) is 0 Å². The number of aromatic amines is 1. The Morgan fingerprint density at radius 2 is 1.71 bits per heavy atom. The van der Waals surface area contributed by atoms with Gasteiger partial charge in [-0.25, -0.2) is 4.90 Å². The number of carbonyl (C=O) groups excluding carboxylic acids is 2. The molecule has 3 aromatic rings. The second-order valence-corrected chi connectivity index (χ2v) is 9.97. The number of methoxy groups -OCH3 is 2. The number of hydrogen-bond acceptors (Lipinski definition) is 8. The number of fused-ring (bicyclic) bond motifs is 2. The van der Waals surface area contributed by atoms with Crippen LogP contribution in [0, 0.1) is 5.92 Å². The highest BCUT2D eigenvalue weighted by molar-refractivity contribution is 8.00. The van der Waals surface area contributed by atoms with Crippen molar-refractivity contribution in [3.05, 3.63) is 62.6 Å². The van der Waals surface area contributed by atoms with Gasteiger partial charge in [0.15, 0.2) is 11.5 Å². The zero-order valence-corrected chi connectivity index (χ0v) is 20.3. The molecule has 0 aliphatic carbocycles. The van der Waals surface area contributed by atoms with E-state index < -0.39 is 17.1 Å². The van der Waals surface area contributed by atoms with Crippen LogP contribution >= 0.6 is 23.1 Å². The van der Waals surface area contributed by atoms with E-state index in [0.29, 0.717) is 34.6 Å². The van der Waals surface area contributed by atoms with Crippen LogP contribution in [0.4, 0.5) is 5.69 Å². The summed E-state index contributed by atoms with van der Waals surface area (Å²) in [6, 6.07) is 12.3. The molecule has 0 unspecified atom stereocenters. The van der Waals surface area contributed by atoms with Gasteiger partial charge >= 0.3 is 4.87 Å². The average Bonchev–Trinajstić information content (AvgIpc) is 3.34. The summed E-state index contributed by atoms with van der Waals surface area (Å²) < 4.78 is 16.3. The molecule has 34 heavy (non-hydrogen) atoms. The molecule has 1 saturated heterocycles. The van der Waals surface area contributed by atoms with Crippen LogP contribution in [0.1, 0.15) is 23.3 Å². The van der Waals surface area contributed by atoms with Gasteiger partial charge in [-0.15, -0.1) is 0 Å². The maximum atomic E-state index is 13.8. The number of hydrogen-bond donors (Lipinski definition) is 1. The van der Waals surface area contributed by atoms with Crippen molar-refractivity contribution in [3.63, 3.8) is 0 Å². The molecule has 0 bridgehead atoms. The van der Waals surface area contributed by atoms with Gasteiger partial charge in [0.2, 0.25) is 11.8 Å². The van der Waals surface area contributed by atoms with Gasteiger partial charge in [-0.3, -0.25) is 14.4 Å². The van der Waals surface area contributed by atoms with Gasteiger partial charge < -0.3 is 19.2 Å². The summed E-state index contributed by atoms with van der Waals surface area (Å²) in [4.78, 5) is 44.1.